The van der Waals surface area contributed by atoms with Crippen LogP contribution in [-0.2, 0) is 22.9 Å². The van der Waals surface area contributed by atoms with E-state index in [-0.39, 0.29) is 18.2 Å². The molecule has 3 aromatic rings. The molecule has 1 N–H and O–H groups in total. The Bertz CT molecular complexity index is 1070. The van der Waals surface area contributed by atoms with E-state index in [0.717, 1.165) is 43.0 Å². The first kappa shape index (κ1) is 25.0. The smallest absolute Gasteiger partial charge is 0.178 e. The van der Waals surface area contributed by atoms with Crippen molar-refractivity contribution in [3.63, 3.8) is 0 Å². The van der Waals surface area contributed by atoms with Crippen molar-refractivity contribution < 1.29 is 13.2 Å². The largest absolute Gasteiger partial charge is 0.496 e. The van der Waals surface area contributed by atoms with Crippen molar-refractivity contribution >= 4 is 22.2 Å². The molecule has 0 spiro atoms. The third-order valence-electron chi connectivity index (χ3n) is 5.13. The average Bonchev–Trinajstić information content (AvgIpc) is 3.22. The van der Waals surface area contributed by atoms with E-state index in [2.05, 4.69) is 47.1 Å². The maximum atomic E-state index is 12.3. The molecule has 0 bridgehead atoms. The van der Waals surface area contributed by atoms with E-state index in [1.165, 1.54) is 5.56 Å². The first-order valence-corrected chi connectivity index (χ1v) is 12.0. The summed E-state index contributed by atoms with van der Waals surface area (Å²) in [5.41, 5.74) is 3.98. The van der Waals surface area contributed by atoms with Gasteiger partial charge >= 0.3 is 0 Å². The second-order valence-electron chi connectivity index (χ2n) is 7.36. The summed E-state index contributed by atoms with van der Waals surface area (Å²) in [6, 6.07) is 19.5. The molecule has 0 saturated heterocycles. The molecule has 168 valence electrons. The van der Waals surface area contributed by atoms with Gasteiger partial charge in [0.1, 0.15) is 5.75 Å². The number of nitrogens with zero attached hydrogens (tertiary/aromatic N) is 1. The molecule has 0 fully saturated rings. The van der Waals surface area contributed by atoms with Crippen molar-refractivity contribution in [3.05, 3.63) is 71.9 Å². The number of aromatic amines is 1. The molecule has 0 saturated carbocycles. The lowest BCUT2D eigenvalue weighted by Gasteiger charge is -2.21. The van der Waals surface area contributed by atoms with E-state index >= 15 is 0 Å². The van der Waals surface area contributed by atoms with Gasteiger partial charge in [-0.2, -0.15) is 0 Å². The van der Waals surface area contributed by atoms with Crippen molar-refractivity contribution in [2.75, 3.05) is 19.4 Å². The zero-order chi connectivity index (χ0) is 21.6. The van der Waals surface area contributed by atoms with Crippen molar-refractivity contribution in [2.24, 2.45) is 0 Å². The summed E-state index contributed by atoms with van der Waals surface area (Å²) in [5.74, 6) is 0.716. The van der Waals surface area contributed by atoms with Gasteiger partial charge in [0.2, 0.25) is 0 Å². The van der Waals surface area contributed by atoms with Crippen LogP contribution in [0.5, 0.6) is 5.75 Å². The number of hydrogen-bond donors (Lipinski definition) is 1. The molecule has 5 nitrogen and oxygen atoms in total. The second-order valence-corrected chi connectivity index (χ2v) is 9.64. The monoisotopic (exact) mass is 462 g/mol. The van der Waals surface area contributed by atoms with Gasteiger partial charge < -0.3 is 9.72 Å². The van der Waals surface area contributed by atoms with E-state index in [1.54, 1.807) is 32.2 Å². The topological polar surface area (TPSA) is 62.4 Å². The highest BCUT2D eigenvalue weighted by Crippen LogP contribution is 2.32. The van der Waals surface area contributed by atoms with Crippen LogP contribution in [0.25, 0.3) is 11.3 Å². The first-order chi connectivity index (χ1) is 14.5. The maximum Gasteiger partial charge on any atom is 0.178 e. The number of H-pyrrole nitrogens is 1. The van der Waals surface area contributed by atoms with Gasteiger partial charge in [-0.25, -0.2) is 8.42 Å². The minimum absolute atomic E-state index is 0. The second kappa shape index (κ2) is 11.4. The number of methoxy groups -OCH3 is 1. The van der Waals surface area contributed by atoms with Gasteiger partial charge in [0.25, 0.3) is 0 Å². The predicted molar refractivity (Wildman–Crippen MR) is 129 cm³/mol. The first-order valence-electron chi connectivity index (χ1n) is 10.3. The van der Waals surface area contributed by atoms with Gasteiger partial charge in [-0.1, -0.05) is 44.2 Å². The molecular weight excluding hydrogens is 432 g/mol. The number of ether oxygens (including phenoxy) is 1. The zero-order valence-corrected chi connectivity index (χ0v) is 19.9. The van der Waals surface area contributed by atoms with Crippen molar-refractivity contribution in [3.8, 4) is 17.0 Å². The van der Waals surface area contributed by atoms with Gasteiger partial charge in [0.15, 0.2) is 9.84 Å². The van der Waals surface area contributed by atoms with Crippen molar-refractivity contribution in [1.82, 2.24) is 9.88 Å². The van der Waals surface area contributed by atoms with Crippen molar-refractivity contribution in [2.45, 2.75) is 38.3 Å². The highest BCUT2D eigenvalue weighted by molar-refractivity contribution is 7.91. The summed E-state index contributed by atoms with van der Waals surface area (Å²) in [6.07, 6.45) is 1.07. The van der Waals surface area contributed by atoms with Crippen molar-refractivity contribution in [1.29, 1.82) is 0 Å². The van der Waals surface area contributed by atoms with Gasteiger partial charge in [-0.3, -0.25) is 4.90 Å². The fourth-order valence-corrected chi connectivity index (χ4v) is 4.47. The Morgan fingerprint density at radius 1 is 0.968 bits per heavy atom. The third-order valence-corrected chi connectivity index (χ3v) is 6.86. The molecular formula is C24H31ClN2O3S. The highest BCUT2D eigenvalue weighted by Gasteiger charge is 2.17. The summed E-state index contributed by atoms with van der Waals surface area (Å²) in [5, 5.41) is 0. The SMILES string of the molecule is CCCN(Cc1ccccc1)Cc1ccc(-c2cc(S(=O)(=O)CC)ccc2OC)[nH]1.Cl. The molecule has 0 radical (unpaired) electrons. The molecule has 0 aliphatic rings. The quantitative estimate of drug-likeness (QED) is 0.443. The molecule has 0 amide bonds. The van der Waals surface area contributed by atoms with Crippen LogP contribution in [0.3, 0.4) is 0 Å². The number of halogens is 1. The molecule has 0 unspecified atom stereocenters. The van der Waals surface area contributed by atoms with E-state index in [4.69, 9.17) is 4.74 Å². The van der Waals surface area contributed by atoms with Gasteiger partial charge in [0.05, 0.1) is 17.8 Å². The molecule has 0 aliphatic carbocycles. The minimum Gasteiger partial charge on any atom is -0.496 e. The number of rotatable bonds is 10. The average molecular weight is 463 g/mol. The van der Waals surface area contributed by atoms with E-state index in [0.29, 0.717) is 10.6 Å². The summed E-state index contributed by atoms with van der Waals surface area (Å²) < 4.78 is 30.1. The molecule has 1 heterocycles. The number of benzene rings is 2. The van der Waals surface area contributed by atoms with E-state index in [1.807, 2.05) is 12.1 Å². The summed E-state index contributed by atoms with van der Waals surface area (Å²) in [6.45, 7) is 6.51. The number of hydrogen-bond acceptors (Lipinski definition) is 4. The standard InChI is InChI=1S/C24H30N2O3S.ClH/c1-4-15-26(17-19-9-7-6-8-10-19)18-20-11-13-23(25-20)22-16-21(30(27,28)5-2)12-14-24(22)29-3;/h6-14,16,25H,4-5,15,17-18H2,1-3H3;1H. The number of nitrogens with one attached hydrogen (secondary N) is 1. The van der Waals surface area contributed by atoms with E-state index < -0.39 is 9.84 Å². The van der Waals surface area contributed by atoms with E-state index in [9.17, 15) is 8.42 Å². The number of aromatic nitrogens is 1. The highest BCUT2D eigenvalue weighted by atomic mass is 35.5. The van der Waals surface area contributed by atoms with Crippen LogP contribution in [0.1, 0.15) is 31.5 Å². The Hall–Kier alpha value is -2.28. The van der Waals surface area contributed by atoms with Gasteiger partial charge in [-0.15, -0.1) is 12.4 Å². The van der Waals surface area contributed by atoms with Gasteiger partial charge in [-0.05, 0) is 48.9 Å². The fraction of sp³-hybridized carbons (Fsp3) is 0.333. The Morgan fingerprint density at radius 3 is 2.35 bits per heavy atom. The van der Waals surface area contributed by atoms with Gasteiger partial charge in [0, 0.05) is 30.0 Å². The van der Waals surface area contributed by atoms with Crippen LogP contribution >= 0.6 is 12.4 Å². The maximum absolute atomic E-state index is 12.3. The number of sulfone groups is 1. The molecule has 7 heteroatoms. The predicted octanol–water partition coefficient (Wildman–Crippen LogP) is 5.32. The Kier molecular flexibility index (Phi) is 9.16. The van der Waals surface area contributed by atoms with Crippen LogP contribution in [0.15, 0.2) is 65.6 Å². The normalized spacial score (nSPS) is 11.4. The lowest BCUT2D eigenvalue weighted by atomic mass is 10.1. The molecule has 3 rings (SSSR count). The summed E-state index contributed by atoms with van der Waals surface area (Å²) >= 11 is 0. The molecule has 0 aliphatic heterocycles. The summed E-state index contributed by atoms with van der Waals surface area (Å²) in [4.78, 5) is 6.18. The molecule has 2 aromatic carbocycles. The summed E-state index contributed by atoms with van der Waals surface area (Å²) in [7, 11) is -1.69. The molecule has 1 aromatic heterocycles. The minimum atomic E-state index is -3.29. The Labute approximate surface area is 191 Å². The van der Waals surface area contributed by atoms with Crippen LogP contribution in [0, 0.1) is 0 Å². The van der Waals surface area contributed by atoms with Crippen LogP contribution in [0.4, 0.5) is 0 Å². The molecule has 31 heavy (non-hydrogen) atoms. The lowest BCUT2D eigenvalue weighted by molar-refractivity contribution is 0.255. The Balaban J connectivity index is 0.00000341. The van der Waals surface area contributed by atoms with Crippen LogP contribution in [-0.4, -0.2) is 37.7 Å². The van der Waals surface area contributed by atoms with Crippen LogP contribution in [0.2, 0.25) is 0 Å². The zero-order valence-electron chi connectivity index (χ0n) is 18.3. The Morgan fingerprint density at radius 2 is 1.71 bits per heavy atom. The fourth-order valence-electron chi connectivity index (χ4n) is 3.56. The van der Waals surface area contributed by atoms with Crippen LogP contribution < -0.4 is 4.74 Å². The molecule has 0 atom stereocenters. The third kappa shape index (κ3) is 6.35. The lowest BCUT2D eigenvalue weighted by Crippen LogP contribution is -2.23.